The van der Waals surface area contributed by atoms with Crippen molar-refractivity contribution in [3.05, 3.63) is 31.2 Å². The molecule has 0 spiro atoms. The van der Waals surface area contributed by atoms with Crippen LogP contribution < -0.4 is 5.32 Å². The van der Waals surface area contributed by atoms with Gasteiger partial charge in [0.05, 0.1) is 0 Å². The monoisotopic (exact) mass is 451 g/mol. The van der Waals surface area contributed by atoms with Crippen LogP contribution in [0.15, 0.2) is 22.7 Å². The maximum absolute atomic E-state index is 4.29. The Morgan fingerprint density at radius 1 is 1.37 bits per heavy atom. The predicted octanol–water partition coefficient (Wildman–Crippen LogP) is 4.32. The SMILES string of the molecule is CC(C)CNCc1nnc(-c2cc(Br)ccc2I)s1. The second kappa shape index (κ2) is 7.10. The van der Waals surface area contributed by atoms with E-state index in [4.69, 9.17) is 0 Å². The Hall–Kier alpha value is -0.0500. The van der Waals surface area contributed by atoms with Crippen LogP contribution in [0.25, 0.3) is 10.6 Å². The fourth-order valence-corrected chi connectivity index (χ4v) is 3.54. The number of hydrogen-bond donors (Lipinski definition) is 1. The quantitative estimate of drug-likeness (QED) is 0.688. The summed E-state index contributed by atoms with van der Waals surface area (Å²) in [6, 6.07) is 6.21. The third kappa shape index (κ3) is 4.47. The molecule has 0 bridgehead atoms. The van der Waals surface area contributed by atoms with E-state index in [2.05, 4.69) is 80.0 Å². The molecule has 0 atom stereocenters. The molecule has 0 amide bonds. The molecule has 0 aliphatic carbocycles. The van der Waals surface area contributed by atoms with Crippen molar-refractivity contribution >= 4 is 49.9 Å². The molecule has 3 nitrogen and oxygen atoms in total. The molecule has 2 aromatic rings. The average Bonchev–Trinajstić information content (AvgIpc) is 2.80. The van der Waals surface area contributed by atoms with E-state index in [0.717, 1.165) is 33.1 Å². The van der Waals surface area contributed by atoms with Crippen LogP contribution in [0.2, 0.25) is 0 Å². The molecule has 0 aliphatic heterocycles. The lowest BCUT2D eigenvalue weighted by Gasteiger charge is -2.04. The van der Waals surface area contributed by atoms with Gasteiger partial charge in [0.1, 0.15) is 10.0 Å². The van der Waals surface area contributed by atoms with E-state index < -0.39 is 0 Å². The van der Waals surface area contributed by atoms with E-state index in [0.29, 0.717) is 5.92 Å². The van der Waals surface area contributed by atoms with Gasteiger partial charge < -0.3 is 5.32 Å². The highest BCUT2D eigenvalue weighted by molar-refractivity contribution is 14.1. The Morgan fingerprint density at radius 2 is 2.16 bits per heavy atom. The first-order valence-electron chi connectivity index (χ1n) is 6.05. The summed E-state index contributed by atoms with van der Waals surface area (Å²) in [5.41, 5.74) is 1.14. The number of aromatic nitrogens is 2. The molecule has 19 heavy (non-hydrogen) atoms. The van der Waals surface area contributed by atoms with Crippen molar-refractivity contribution in [3.63, 3.8) is 0 Å². The molecule has 0 unspecified atom stereocenters. The van der Waals surface area contributed by atoms with Gasteiger partial charge in [-0.15, -0.1) is 10.2 Å². The van der Waals surface area contributed by atoms with E-state index >= 15 is 0 Å². The zero-order valence-electron chi connectivity index (χ0n) is 10.8. The molecule has 0 saturated heterocycles. The van der Waals surface area contributed by atoms with Gasteiger partial charge in [-0.1, -0.05) is 41.1 Å². The number of rotatable bonds is 5. The minimum absolute atomic E-state index is 0.651. The van der Waals surface area contributed by atoms with E-state index in [1.165, 1.54) is 3.57 Å². The summed E-state index contributed by atoms with van der Waals surface area (Å²) in [6.45, 7) is 6.19. The lowest BCUT2D eigenvalue weighted by Crippen LogP contribution is -2.18. The largest absolute Gasteiger partial charge is 0.310 e. The van der Waals surface area contributed by atoms with Crippen LogP contribution in [0.1, 0.15) is 18.9 Å². The summed E-state index contributed by atoms with van der Waals surface area (Å²) >= 11 is 7.48. The molecule has 1 N–H and O–H groups in total. The Morgan fingerprint density at radius 3 is 2.89 bits per heavy atom. The minimum atomic E-state index is 0.651. The molecule has 1 aromatic heterocycles. The molecule has 2 rings (SSSR count). The van der Waals surface area contributed by atoms with Gasteiger partial charge in [0.2, 0.25) is 0 Å². The number of halogens is 2. The van der Waals surface area contributed by atoms with Gasteiger partial charge in [-0.3, -0.25) is 0 Å². The van der Waals surface area contributed by atoms with E-state index in [1.54, 1.807) is 11.3 Å². The topological polar surface area (TPSA) is 37.8 Å². The number of nitrogens with zero attached hydrogens (tertiary/aromatic N) is 2. The Balaban J connectivity index is 2.10. The minimum Gasteiger partial charge on any atom is -0.310 e. The smallest absolute Gasteiger partial charge is 0.148 e. The summed E-state index contributed by atoms with van der Waals surface area (Å²) < 4.78 is 2.26. The summed E-state index contributed by atoms with van der Waals surface area (Å²) in [6.07, 6.45) is 0. The molecule has 0 fully saturated rings. The number of nitrogens with one attached hydrogen (secondary N) is 1. The highest BCUT2D eigenvalue weighted by Crippen LogP contribution is 2.30. The standard InChI is InChI=1S/C13H15BrIN3S/c1-8(2)6-16-7-12-17-18-13(19-12)10-5-9(14)3-4-11(10)15/h3-5,8,16H,6-7H2,1-2H3. The molecular formula is C13H15BrIN3S. The van der Waals surface area contributed by atoms with E-state index in [9.17, 15) is 0 Å². The van der Waals surface area contributed by atoms with Crippen LogP contribution in [-0.2, 0) is 6.54 Å². The molecular weight excluding hydrogens is 437 g/mol. The molecule has 0 aliphatic rings. The molecule has 0 saturated carbocycles. The van der Waals surface area contributed by atoms with Crippen LogP contribution in [0.5, 0.6) is 0 Å². The fourth-order valence-electron chi connectivity index (χ4n) is 1.56. The van der Waals surface area contributed by atoms with Crippen molar-refractivity contribution in [2.75, 3.05) is 6.54 Å². The normalized spacial score (nSPS) is 11.2. The predicted molar refractivity (Wildman–Crippen MR) is 92.3 cm³/mol. The highest BCUT2D eigenvalue weighted by Gasteiger charge is 2.10. The maximum atomic E-state index is 4.29. The first-order valence-corrected chi connectivity index (χ1v) is 8.73. The van der Waals surface area contributed by atoms with Crippen LogP contribution >= 0.6 is 49.9 Å². The van der Waals surface area contributed by atoms with Gasteiger partial charge in [0.25, 0.3) is 0 Å². The van der Waals surface area contributed by atoms with E-state index in [1.807, 2.05) is 6.07 Å². The van der Waals surface area contributed by atoms with Gasteiger partial charge in [0.15, 0.2) is 0 Å². The highest BCUT2D eigenvalue weighted by atomic mass is 127. The third-order valence-corrected chi connectivity index (χ3v) is 4.84. The lowest BCUT2D eigenvalue weighted by molar-refractivity contribution is 0.550. The first-order chi connectivity index (χ1) is 9.06. The third-order valence-electron chi connectivity index (χ3n) is 2.45. The Labute approximate surface area is 139 Å². The average molecular weight is 452 g/mol. The summed E-state index contributed by atoms with van der Waals surface area (Å²) in [4.78, 5) is 0. The van der Waals surface area contributed by atoms with Gasteiger partial charge >= 0.3 is 0 Å². The second-order valence-electron chi connectivity index (χ2n) is 4.65. The number of benzene rings is 1. The zero-order valence-corrected chi connectivity index (χ0v) is 15.3. The molecule has 1 heterocycles. The van der Waals surface area contributed by atoms with Crippen molar-refractivity contribution in [2.45, 2.75) is 20.4 Å². The zero-order chi connectivity index (χ0) is 13.8. The molecule has 6 heteroatoms. The second-order valence-corrected chi connectivity index (χ2v) is 7.79. The van der Waals surface area contributed by atoms with Gasteiger partial charge in [-0.05, 0) is 53.3 Å². The van der Waals surface area contributed by atoms with Crippen LogP contribution in [0.4, 0.5) is 0 Å². The lowest BCUT2D eigenvalue weighted by atomic mass is 10.2. The van der Waals surface area contributed by atoms with Crippen molar-refractivity contribution in [3.8, 4) is 10.6 Å². The van der Waals surface area contributed by atoms with Crippen molar-refractivity contribution in [1.82, 2.24) is 15.5 Å². The maximum Gasteiger partial charge on any atom is 0.148 e. The summed E-state index contributed by atoms with van der Waals surface area (Å²) in [5.74, 6) is 0.651. The molecule has 0 radical (unpaired) electrons. The van der Waals surface area contributed by atoms with Crippen molar-refractivity contribution in [2.24, 2.45) is 5.92 Å². The van der Waals surface area contributed by atoms with Crippen LogP contribution in [-0.4, -0.2) is 16.7 Å². The van der Waals surface area contributed by atoms with Crippen molar-refractivity contribution < 1.29 is 0 Å². The first kappa shape index (κ1) is 15.3. The molecule has 102 valence electrons. The van der Waals surface area contributed by atoms with Gasteiger partial charge in [0, 0.05) is 20.2 Å². The van der Waals surface area contributed by atoms with E-state index in [-0.39, 0.29) is 0 Å². The Bertz CT molecular complexity index is 557. The molecule has 1 aromatic carbocycles. The van der Waals surface area contributed by atoms with Crippen molar-refractivity contribution in [1.29, 1.82) is 0 Å². The van der Waals surface area contributed by atoms with Crippen LogP contribution in [0.3, 0.4) is 0 Å². The van der Waals surface area contributed by atoms with Gasteiger partial charge in [-0.2, -0.15) is 0 Å². The number of hydrogen-bond acceptors (Lipinski definition) is 4. The summed E-state index contributed by atoms with van der Waals surface area (Å²) in [7, 11) is 0. The Kier molecular flexibility index (Phi) is 5.73. The van der Waals surface area contributed by atoms with Gasteiger partial charge in [-0.25, -0.2) is 0 Å². The fraction of sp³-hybridized carbons (Fsp3) is 0.385. The summed E-state index contributed by atoms with van der Waals surface area (Å²) in [5, 5.41) is 13.9. The van der Waals surface area contributed by atoms with Crippen LogP contribution in [0, 0.1) is 9.49 Å².